The number of hydrogen-bond acceptors (Lipinski definition) is 6. The Bertz CT molecular complexity index is 957. The van der Waals surface area contributed by atoms with Gasteiger partial charge >= 0.3 is 5.97 Å². The maximum atomic E-state index is 12.8. The number of carbonyl (C=O) groups excluding carboxylic acids is 3. The number of carbonyl (C=O) groups is 3. The highest BCUT2D eigenvalue weighted by Gasteiger charge is 2.27. The van der Waals surface area contributed by atoms with Crippen LogP contribution in [-0.4, -0.2) is 44.5 Å². The van der Waals surface area contributed by atoms with Gasteiger partial charge in [-0.2, -0.15) is 0 Å². The second-order valence-corrected chi connectivity index (χ2v) is 6.98. The Morgan fingerprint density at radius 1 is 1.00 bits per heavy atom. The van der Waals surface area contributed by atoms with E-state index >= 15 is 0 Å². The highest BCUT2D eigenvalue weighted by atomic mass is 16.6. The molecule has 2 aromatic carbocycles. The number of esters is 1. The Hall–Kier alpha value is -3.51. The van der Waals surface area contributed by atoms with Crippen molar-refractivity contribution in [1.29, 1.82) is 0 Å². The van der Waals surface area contributed by atoms with Crippen molar-refractivity contribution in [2.75, 3.05) is 20.3 Å². The average Bonchev–Trinajstić information content (AvgIpc) is 2.83. The molecule has 2 unspecified atom stereocenters. The lowest BCUT2D eigenvalue weighted by molar-refractivity contribution is 0.0448. The first-order chi connectivity index (χ1) is 15.1. The first kappa shape index (κ1) is 22.2. The van der Waals surface area contributed by atoms with Gasteiger partial charge in [0.05, 0.1) is 5.56 Å². The average molecular weight is 420 g/mol. The summed E-state index contributed by atoms with van der Waals surface area (Å²) in [5.74, 6) is 0.0212. The molecule has 2 atom stereocenters. The van der Waals surface area contributed by atoms with E-state index < -0.39 is 12.1 Å². The number of ether oxygens (including phenoxy) is 3. The summed E-state index contributed by atoms with van der Waals surface area (Å²) < 4.78 is 16.2. The summed E-state index contributed by atoms with van der Waals surface area (Å²) >= 11 is 0. The number of benzene rings is 2. The second-order valence-electron chi connectivity index (χ2n) is 6.98. The predicted molar refractivity (Wildman–Crippen MR) is 116 cm³/mol. The largest absolute Gasteiger partial charge is 0.490 e. The Morgan fingerprint density at radius 3 is 2.32 bits per heavy atom. The molecule has 1 aliphatic carbocycles. The van der Waals surface area contributed by atoms with Gasteiger partial charge in [0, 0.05) is 24.2 Å². The monoisotopic (exact) mass is 420 g/mol. The van der Waals surface area contributed by atoms with Crippen molar-refractivity contribution in [2.24, 2.45) is 5.92 Å². The molecule has 6 heteroatoms. The van der Waals surface area contributed by atoms with E-state index in [9.17, 15) is 14.4 Å². The van der Waals surface area contributed by atoms with E-state index in [0.29, 0.717) is 28.7 Å². The van der Waals surface area contributed by atoms with Crippen LogP contribution < -0.4 is 4.74 Å². The van der Waals surface area contributed by atoms with Crippen LogP contribution in [0, 0.1) is 5.92 Å². The van der Waals surface area contributed by atoms with E-state index in [1.807, 2.05) is 24.3 Å². The SMILES string of the molecule is COC(C(=O)c1ccc(OCCOC(=O)c2ccc(C=O)cc2)cc1)C1C=CC=CC1. The zero-order chi connectivity index (χ0) is 22.1. The molecule has 0 heterocycles. The van der Waals surface area contributed by atoms with Crippen LogP contribution >= 0.6 is 0 Å². The van der Waals surface area contributed by atoms with Gasteiger partial charge in [0.1, 0.15) is 31.4 Å². The van der Waals surface area contributed by atoms with Crippen molar-refractivity contribution in [2.45, 2.75) is 12.5 Å². The van der Waals surface area contributed by atoms with Crippen LogP contribution in [0.3, 0.4) is 0 Å². The molecule has 0 spiro atoms. The lowest BCUT2D eigenvalue weighted by Crippen LogP contribution is -2.31. The number of allylic oxidation sites excluding steroid dienone is 3. The van der Waals surface area contributed by atoms with Gasteiger partial charge in [0.25, 0.3) is 0 Å². The number of aldehydes is 1. The van der Waals surface area contributed by atoms with E-state index in [-0.39, 0.29) is 24.9 Å². The molecule has 0 aliphatic heterocycles. The van der Waals surface area contributed by atoms with Crippen LogP contribution in [0.4, 0.5) is 0 Å². The zero-order valence-electron chi connectivity index (χ0n) is 17.2. The van der Waals surface area contributed by atoms with Crippen LogP contribution in [0.5, 0.6) is 5.75 Å². The van der Waals surface area contributed by atoms with Crippen molar-refractivity contribution in [3.05, 3.63) is 89.5 Å². The predicted octanol–water partition coefficient (Wildman–Crippen LogP) is 4.06. The fourth-order valence-corrected chi connectivity index (χ4v) is 3.26. The second kappa shape index (κ2) is 11.0. The molecule has 0 radical (unpaired) electrons. The fraction of sp³-hybridized carbons (Fsp3) is 0.240. The first-order valence-corrected chi connectivity index (χ1v) is 9.98. The molecule has 0 saturated carbocycles. The zero-order valence-corrected chi connectivity index (χ0v) is 17.2. The van der Waals surface area contributed by atoms with Crippen LogP contribution in [0.2, 0.25) is 0 Å². The van der Waals surface area contributed by atoms with Crippen LogP contribution in [0.25, 0.3) is 0 Å². The summed E-state index contributed by atoms with van der Waals surface area (Å²) in [6, 6.07) is 13.0. The normalized spacial score (nSPS) is 15.8. The summed E-state index contributed by atoms with van der Waals surface area (Å²) in [5.41, 5.74) is 1.41. The van der Waals surface area contributed by atoms with Gasteiger partial charge in [0.15, 0.2) is 5.78 Å². The molecule has 1 aliphatic rings. The molecule has 0 aromatic heterocycles. The number of Topliss-reactive ketones (excluding diaryl/α,β-unsaturated/α-hetero) is 1. The molecule has 0 saturated heterocycles. The van der Waals surface area contributed by atoms with E-state index in [2.05, 4.69) is 0 Å². The molecule has 31 heavy (non-hydrogen) atoms. The minimum absolute atomic E-state index is 0.0164. The summed E-state index contributed by atoms with van der Waals surface area (Å²) in [5, 5.41) is 0. The third kappa shape index (κ3) is 5.99. The van der Waals surface area contributed by atoms with E-state index in [1.165, 1.54) is 12.1 Å². The molecular weight excluding hydrogens is 396 g/mol. The van der Waals surface area contributed by atoms with E-state index in [4.69, 9.17) is 14.2 Å². The van der Waals surface area contributed by atoms with E-state index in [0.717, 1.165) is 6.42 Å². The molecule has 3 rings (SSSR count). The third-order valence-corrected chi connectivity index (χ3v) is 4.92. The molecule has 0 amide bonds. The van der Waals surface area contributed by atoms with Gasteiger partial charge in [-0.1, -0.05) is 36.4 Å². The van der Waals surface area contributed by atoms with Crippen molar-refractivity contribution in [3.63, 3.8) is 0 Å². The summed E-state index contributed by atoms with van der Waals surface area (Å²) in [4.78, 5) is 35.4. The fourth-order valence-electron chi connectivity index (χ4n) is 3.26. The molecular formula is C25H24O6. The number of methoxy groups -OCH3 is 1. The van der Waals surface area contributed by atoms with Gasteiger partial charge in [-0.25, -0.2) is 4.79 Å². The molecule has 6 nitrogen and oxygen atoms in total. The van der Waals surface area contributed by atoms with E-state index in [1.54, 1.807) is 43.5 Å². The van der Waals surface area contributed by atoms with Gasteiger partial charge in [-0.05, 0) is 42.8 Å². The summed E-state index contributed by atoms with van der Waals surface area (Å²) in [6.45, 7) is 0.244. The number of rotatable bonds is 10. The lowest BCUT2D eigenvalue weighted by Gasteiger charge is -2.22. The summed E-state index contributed by atoms with van der Waals surface area (Å²) in [7, 11) is 1.55. The lowest BCUT2D eigenvalue weighted by atomic mass is 9.89. The highest BCUT2D eigenvalue weighted by Crippen LogP contribution is 2.23. The topological polar surface area (TPSA) is 78.9 Å². The standard InChI is InChI=1S/C25H24O6/c1-29-24(20-5-3-2-4-6-20)23(27)19-11-13-22(14-12-19)30-15-16-31-25(28)21-9-7-18(17-26)8-10-21/h2-5,7-14,17,20,24H,6,15-16H2,1H3. The minimum Gasteiger partial charge on any atom is -0.490 e. The van der Waals surface area contributed by atoms with Crippen LogP contribution in [-0.2, 0) is 9.47 Å². The Morgan fingerprint density at radius 2 is 1.71 bits per heavy atom. The van der Waals surface area contributed by atoms with Crippen molar-refractivity contribution in [1.82, 2.24) is 0 Å². The highest BCUT2D eigenvalue weighted by molar-refractivity contribution is 6.00. The van der Waals surface area contributed by atoms with Gasteiger partial charge in [0.2, 0.25) is 0 Å². The molecule has 0 N–H and O–H groups in total. The molecule has 2 aromatic rings. The number of ketones is 1. The Kier molecular flexibility index (Phi) is 7.90. The van der Waals surface area contributed by atoms with Crippen molar-refractivity contribution < 1.29 is 28.6 Å². The van der Waals surface area contributed by atoms with Crippen LogP contribution in [0.1, 0.15) is 37.5 Å². The quantitative estimate of drug-likeness (QED) is 0.250. The minimum atomic E-state index is -0.534. The van der Waals surface area contributed by atoms with Gasteiger partial charge in [-0.3, -0.25) is 9.59 Å². The smallest absolute Gasteiger partial charge is 0.338 e. The Labute approximate surface area is 181 Å². The maximum absolute atomic E-state index is 12.8. The maximum Gasteiger partial charge on any atom is 0.338 e. The van der Waals surface area contributed by atoms with Crippen molar-refractivity contribution >= 4 is 18.0 Å². The van der Waals surface area contributed by atoms with Gasteiger partial charge < -0.3 is 14.2 Å². The first-order valence-electron chi connectivity index (χ1n) is 9.98. The molecule has 160 valence electrons. The van der Waals surface area contributed by atoms with Crippen molar-refractivity contribution in [3.8, 4) is 5.75 Å². The summed E-state index contributed by atoms with van der Waals surface area (Å²) in [6.07, 6.45) is 8.84. The van der Waals surface area contributed by atoms with Gasteiger partial charge in [-0.15, -0.1) is 0 Å². The Balaban J connectivity index is 1.47. The molecule has 0 fully saturated rings. The number of hydrogen-bond donors (Lipinski definition) is 0. The third-order valence-electron chi connectivity index (χ3n) is 4.92. The molecule has 0 bridgehead atoms. The van der Waals surface area contributed by atoms with Crippen LogP contribution in [0.15, 0.2) is 72.8 Å².